The van der Waals surface area contributed by atoms with Gasteiger partial charge in [0.2, 0.25) is 5.06 Å². The van der Waals surface area contributed by atoms with E-state index < -0.39 is 6.09 Å². The topological polar surface area (TPSA) is 146 Å². The first-order valence-corrected chi connectivity index (χ1v) is 8.67. The van der Waals surface area contributed by atoms with Crippen molar-refractivity contribution in [3.05, 3.63) is 35.9 Å². The number of hydrogen-bond donors (Lipinski definition) is 3. The number of nitriles is 1. The molecule has 4 aromatic rings. The van der Waals surface area contributed by atoms with E-state index in [9.17, 15) is 10.1 Å². The van der Waals surface area contributed by atoms with E-state index in [0.717, 1.165) is 27.9 Å². The summed E-state index contributed by atoms with van der Waals surface area (Å²) in [5.74, 6) is 0.0807. The number of anilines is 2. The summed E-state index contributed by atoms with van der Waals surface area (Å²) in [5, 5.41) is 11.3. The minimum atomic E-state index is -0.979. The molecule has 0 atom stereocenters. The molecular weight excluding hydrogens is 364 g/mol. The summed E-state index contributed by atoms with van der Waals surface area (Å²) in [6, 6.07) is 11.9. The van der Waals surface area contributed by atoms with Crippen LogP contribution in [-0.4, -0.2) is 15.6 Å². The normalized spacial score (nSPS) is 11.0. The molecule has 6 N–H and O–H groups in total. The second-order valence-electron chi connectivity index (χ2n) is 5.91. The van der Waals surface area contributed by atoms with Crippen LogP contribution >= 0.6 is 11.3 Å². The van der Waals surface area contributed by atoms with Crippen LogP contribution < -0.4 is 21.9 Å². The fourth-order valence-electron chi connectivity index (χ4n) is 3.22. The fourth-order valence-corrected chi connectivity index (χ4v) is 4.18. The van der Waals surface area contributed by atoms with Gasteiger partial charge >= 0.3 is 6.09 Å². The molecule has 0 spiro atoms. The number of carbonyl (C=O) groups is 1. The summed E-state index contributed by atoms with van der Waals surface area (Å²) in [5.41, 5.74) is 20.1. The van der Waals surface area contributed by atoms with Crippen LogP contribution in [0.15, 0.2) is 30.3 Å². The van der Waals surface area contributed by atoms with Crippen LogP contribution in [0.25, 0.3) is 32.4 Å². The number of pyridine rings is 1. The van der Waals surface area contributed by atoms with E-state index in [1.54, 1.807) is 0 Å². The minimum absolute atomic E-state index is 0.0807. The molecule has 0 radical (unpaired) electrons. The summed E-state index contributed by atoms with van der Waals surface area (Å²) >= 11 is 1.05. The predicted octanol–water partition coefficient (Wildman–Crippen LogP) is 2.95. The molecule has 0 bridgehead atoms. The van der Waals surface area contributed by atoms with Crippen molar-refractivity contribution in [2.24, 2.45) is 12.8 Å². The van der Waals surface area contributed by atoms with Crippen molar-refractivity contribution in [1.82, 2.24) is 9.55 Å². The number of aromatic nitrogens is 2. The van der Waals surface area contributed by atoms with E-state index in [1.807, 2.05) is 41.9 Å². The van der Waals surface area contributed by atoms with E-state index >= 15 is 0 Å². The number of rotatable bonds is 2. The number of aryl methyl sites for hydroxylation is 1. The highest BCUT2D eigenvalue weighted by molar-refractivity contribution is 7.21. The number of ether oxygens (including phenoxy) is 1. The van der Waals surface area contributed by atoms with Gasteiger partial charge in [0.1, 0.15) is 22.3 Å². The lowest BCUT2D eigenvalue weighted by Gasteiger charge is -2.10. The number of carbonyl (C=O) groups excluding carboxylic acids is 1. The van der Waals surface area contributed by atoms with Crippen molar-refractivity contribution in [3.8, 4) is 22.4 Å². The maximum Gasteiger partial charge on any atom is 0.410 e. The Kier molecular flexibility index (Phi) is 3.64. The van der Waals surface area contributed by atoms with Gasteiger partial charge in [-0.15, -0.1) is 0 Å². The molecule has 1 aromatic carbocycles. The molecule has 1 amide bonds. The van der Waals surface area contributed by atoms with Crippen LogP contribution in [0.2, 0.25) is 0 Å². The van der Waals surface area contributed by atoms with Crippen LogP contribution in [0.4, 0.5) is 16.3 Å². The zero-order chi connectivity index (χ0) is 19.3. The molecule has 0 aliphatic rings. The Morgan fingerprint density at radius 1 is 1.33 bits per heavy atom. The second-order valence-corrected chi connectivity index (χ2v) is 6.87. The average molecular weight is 378 g/mol. The lowest BCUT2D eigenvalue weighted by molar-refractivity contribution is 0.212. The van der Waals surface area contributed by atoms with Crippen molar-refractivity contribution in [1.29, 1.82) is 5.26 Å². The van der Waals surface area contributed by atoms with Gasteiger partial charge in [-0.25, -0.2) is 9.78 Å². The monoisotopic (exact) mass is 378 g/mol. The minimum Gasteiger partial charge on any atom is -0.397 e. The molecule has 8 nitrogen and oxygen atoms in total. The molecule has 0 aliphatic carbocycles. The molecule has 0 fully saturated rings. The zero-order valence-electron chi connectivity index (χ0n) is 14.2. The summed E-state index contributed by atoms with van der Waals surface area (Å²) < 4.78 is 6.94. The van der Waals surface area contributed by atoms with Gasteiger partial charge in [-0.1, -0.05) is 29.5 Å². The Morgan fingerprint density at radius 3 is 2.74 bits per heavy atom. The summed E-state index contributed by atoms with van der Waals surface area (Å²) in [4.78, 5) is 15.9. The van der Waals surface area contributed by atoms with E-state index in [1.165, 1.54) is 0 Å². The van der Waals surface area contributed by atoms with Gasteiger partial charge in [0.05, 0.1) is 11.4 Å². The Bertz CT molecular complexity index is 1280. The number of fused-ring (bicyclic) bond motifs is 2. The first-order chi connectivity index (χ1) is 12.9. The Labute approximate surface area is 157 Å². The third-order valence-electron chi connectivity index (χ3n) is 4.38. The first-order valence-electron chi connectivity index (χ1n) is 7.86. The SMILES string of the molecule is Cn1c(-c2c(C#N)c(N)nc3sc(OC(N)=O)c(N)c23)cc2ccccc21. The Morgan fingerprint density at radius 2 is 2.07 bits per heavy atom. The molecule has 3 heterocycles. The highest BCUT2D eigenvalue weighted by atomic mass is 32.1. The highest BCUT2D eigenvalue weighted by Crippen LogP contribution is 2.46. The van der Waals surface area contributed by atoms with E-state index in [-0.39, 0.29) is 22.1 Å². The van der Waals surface area contributed by atoms with Gasteiger partial charge in [0.25, 0.3) is 0 Å². The molecule has 134 valence electrons. The number of para-hydroxylation sites is 1. The first kappa shape index (κ1) is 16.7. The predicted molar refractivity (Wildman–Crippen MR) is 105 cm³/mol. The summed E-state index contributed by atoms with van der Waals surface area (Å²) in [7, 11) is 1.89. The third-order valence-corrected chi connectivity index (χ3v) is 5.36. The average Bonchev–Trinajstić information content (AvgIpc) is 3.11. The summed E-state index contributed by atoms with van der Waals surface area (Å²) in [6.07, 6.45) is -0.979. The van der Waals surface area contributed by atoms with Crippen LogP contribution in [0.3, 0.4) is 0 Å². The van der Waals surface area contributed by atoms with Gasteiger partial charge in [0.15, 0.2) is 0 Å². The van der Waals surface area contributed by atoms with Crippen LogP contribution in [0, 0.1) is 11.3 Å². The number of thiophene rings is 1. The lowest BCUT2D eigenvalue weighted by Crippen LogP contribution is -2.16. The molecule has 27 heavy (non-hydrogen) atoms. The molecule has 0 saturated carbocycles. The number of nitrogens with two attached hydrogens (primary N) is 3. The molecule has 0 saturated heterocycles. The molecule has 4 rings (SSSR count). The van der Waals surface area contributed by atoms with Gasteiger partial charge in [-0.05, 0) is 12.1 Å². The van der Waals surface area contributed by atoms with Gasteiger partial charge in [-0.3, -0.25) is 0 Å². The third kappa shape index (κ3) is 2.43. The lowest BCUT2D eigenvalue weighted by atomic mass is 10.0. The smallest absolute Gasteiger partial charge is 0.397 e. The molecule has 0 unspecified atom stereocenters. The number of primary amides is 1. The van der Waals surface area contributed by atoms with Crippen molar-refractivity contribution in [2.45, 2.75) is 0 Å². The van der Waals surface area contributed by atoms with Crippen molar-refractivity contribution in [3.63, 3.8) is 0 Å². The number of benzene rings is 1. The number of amides is 1. The van der Waals surface area contributed by atoms with Crippen molar-refractivity contribution in [2.75, 3.05) is 11.5 Å². The number of nitrogen functional groups attached to an aromatic ring is 2. The molecule has 3 aromatic heterocycles. The quantitative estimate of drug-likeness (QED) is 0.489. The van der Waals surface area contributed by atoms with E-state index in [2.05, 4.69) is 11.1 Å². The van der Waals surface area contributed by atoms with Crippen molar-refractivity contribution < 1.29 is 9.53 Å². The van der Waals surface area contributed by atoms with Crippen molar-refractivity contribution >= 4 is 50.1 Å². The molecule has 0 aliphatic heterocycles. The zero-order valence-corrected chi connectivity index (χ0v) is 15.0. The largest absolute Gasteiger partial charge is 0.410 e. The van der Waals surface area contributed by atoms with Gasteiger partial charge in [-0.2, -0.15) is 5.26 Å². The highest BCUT2D eigenvalue weighted by Gasteiger charge is 2.24. The van der Waals surface area contributed by atoms with E-state index in [0.29, 0.717) is 15.8 Å². The maximum atomic E-state index is 11.2. The summed E-state index contributed by atoms with van der Waals surface area (Å²) in [6.45, 7) is 0. The maximum absolute atomic E-state index is 11.2. The van der Waals surface area contributed by atoms with Crippen LogP contribution in [0.1, 0.15) is 5.56 Å². The second kappa shape index (κ2) is 5.89. The molecular formula is C18H14N6O2S. The molecule has 9 heteroatoms. The fraction of sp³-hybridized carbons (Fsp3) is 0.0556. The van der Waals surface area contributed by atoms with Crippen LogP contribution in [-0.2, 0) is 7.05 Å². The Balaban J connectivity index is 2.14. The standard InChI is InChI=1S/C18H14N6O2S/c1-24-10-5-3-2-4-8(10)6-11(24)12-9(7-19)15(21)23-16-13(12)14(20)17(27-16)26-18(22)25/h2-6H,20H2,1H3,(H2,21,23)(H2,22,25). The number of hydrogen-bond acceptors (Lipinski definition) is 7. The van der Waals surface area contributed by atoms with E-state index in [4.69, 9.17) is 21.9 Å². The van der Waals surface area contributed by atoms with Gasteiger partial charge < -0.3 is 26.5 Å². The van der Waals surface area contributed by atoms with Gasteiger partial charge in [0, 0.05) is 28.9 Å². The van der Waals surface area contributed by atoms with Crippen LogP contribution in [0.5, 0.6) is 5.06 Å². The number of nitrogens with zero attached hydrogens (tertiary/aromatic N) is 3. The Hall–Kier alpha value is -3.77.